The van der Waals surface area contributed by atoms with Crippen molar-refractivity contribution in [2.45, 2.75) is 30.7 Å². The van der Waals surface area contributed by atoms with Crippen molar-refractivity contribution < 1.29 is 17.9 Å². The third-order valence-corrected chi connectivity index (χ3v) is 4.88. The smallest absolute Gasteiger partial charge is 0.261 e. The quantitative estimate of drug-likeness (QED) is 0.843. The third kappa shape index (κ3) is 3.43. The van der Waals surface area contributed by atoms with Crippen LogP contribution >= 0.6 is 10.7 Å². The van der Waals surface area contributed by atoms with Crippen molar-refractivity contribution in [3.63, 3.8) is 0 Å². The van der Waals surface area contributed by atoms with Crippen molar-refractivity contribution >= 4 is 25.6 Å². The van der Waals surface area contributed by atoms with E-state index >= 15 is 0 Å². The summed E-state index contributed by atoms with van der Waals surface area (Å²) >= 11 is 0. The normalized spacial score (nSPS) is 15.5. The Labute approximate surface area is 122 Å². The van der Waals surface area contributed by atoms with Crippen molar-refractivity contribution in [3.05, 3.63) is 23.8 Å². The maximum absolute atomic E-state index is 11.8. The number of nitrogens with one attached hydrogen (secondary N) is 1. The van der Waals surface area contributed by atoms with Crippen molar-refractivity contribution in [2.75, 3.05) is 7.11 Å². The highest BCUT2D eigenvalue weighted by molar-refractivity contribution is 8.13. The molecule has 0 aliphatic heterocycles. The lowest BCUT2D eigenvalue weighted by Crippen LogP contribution is -2.34. The molecule has 0 radical (unpaired) electrons. The van der Waals surface area contributed by atoms with Crippen LogP contribution in [0.15, 0.2) is 23.1 Å². The van der Waals surface area contributed by atoms with Gasteiger partial charge in [0.05, 0.1) is 12.0 Å². The minimum atomic E-state index is -3.85. The Morgan fingerprint density at radius 1 is 1.45 bits per heavy atom. The lowest BCUT2D eigenvalue weighted by molar-refractivity contribution is -0.127. The fraction of sp³-hybridized carbons (Fsp3) is 0.462. The first-order chi connectivity index (χ1) is 9.41. The first-order valence-corrected chi connectivity index (χ1v) is 8.62. The predicted octanol–water partition coefficient (Wildman–Crippen LogP) is 2.04. The fourth-order valence-corrected chi connectivity index (χ4v) is 3.18. The zero-order valence-electron chi connectivity index (χ0n) is 11.1. The van der Waals surface area contributed by atoms with E-state index in [0.717, 1.165) is 19.3 Å². The van der Waals surface area contributed by atoms with E-state index in [1.54, 1.807) is 6.07 Å². The number of ether oxygens (including phenoxy) is 1. The third-order valence-electron chi connectivity index (χ3n) is 3.46. The molecule has 0 unspecified atom stereocenters. The Morgan fingerprint density at radius 3 is 2.65 bits per heavy atom. The molecule has 7 heteroatoms. The van der Waals surface area contributed by atoms with E-state index in [2.05, 4.69) is 5.32 Å². The van der Waals surface area contributed by atoms with Crippen LogP contribution in [0.25, 0.3) is 0 Å². The summed E-state index contributed by atoms with van der Waals surface area (Å²) in [5.74, 6) is 0.524. The van der Waals surface area contributed by atoms with Gasteiger partial charge in [-0.3, -0.25) is 4.79 Å². The highest BCUT2D eigenvalue weighted by atomic mass is 35.7. The molecule has 1 fully saturated rings. The molecule has 2 rings (SSSR count). The van der Waals surface area contributed by atoms with Crippen molar-refractivity contribution in [2.24, 2.45) is 5.92 Å². The topological polar surface area (TPSA) is 72.5 Å². The maximum Gasteiger partial charge on any atom is 0.261 e. The standard InChI is InChI=1S/C13H16ClNO4S/c1-19-11-5-6-12(20(14,17)18)10(7-11)8-15-13(16)9-3-2-4-9/h5-7,9H,2-4,8H2,1H3,(H,15,16). The SMILES string of the molecule is COc1ccc(S(=O)(=O)Cl)c(CNC(=O)C2CCC2)c1. The van der Waals surface area contributed by atoms with Crippen LogP contribution in [0.5, 0.6) is 5.75 Å². The molecule has 0 spiro atoms. The molecule has 20 heavy (non-hydrogen) atoms. The second-order valence-electron chi connectivity index (χ2n) is 4.76. The monoisotopic (exact) mass is 317 g/mol. The summed E-state index contributed by atoms with van der Waals surface area (Å²) in [7, 11) is 3.03. The summed E-state index contributed by atoms with van der Waals surface area (Å²) in [5, 5.41) is 2.75. The van der Waals surface area contributed by atoms with Crippen molar-refractivity contribution in [1.82, 2.24) is 5.32 Å². The molecule has 1 aromatic carbocycles. The van der Waals surface area contributed by atoms with Crippen LogP contribution in [0.1, 0.15) is 24.8 Å². The van der Waals surface area contributed by atoms with Crippen LogP contribution in [0, 0.1) is 5.92 Å². The molecule has 0 bridgehead atoms. The van der Waals surface area contributed by atoms with Gasteiger partial charge in [0.2, 0.25) is 5.91 Å². The average Bonchev–Trinajstić information content (AvgIpc) is 2.32. The van der Waals surface area contributed by atoms with Gasteiger partial charge in [-0.2, -0.15) is 0 Å². The van der Waals surface area contributed by atoms with E-state index in [-0.39, 0.29) is 23.3 Å². The first-order valence-electron chi connectivity index (χ1n) is 6.31. The molecule has 0 atom stereocenters. The van der Waals surface area contributed by atoms with Gasteiger partial charge in [-0.15, -0.1) is 0 Å². The number of methoxy groups -OCH3 is 1. The van der Waals surface area contributed by atoms with Crippen LogP contribution < -0.4 is 10.1 Å². The molecule has 1 aromatic rings. The van der Waals surface area contributed by atoms with Crippen LogP contribution in [0.2, 0.25) is 0 Å². The molecule has 0 heterocycles. The minimum absolute atomic E-state index is 0.00567. The minimum Gasteiger partial charge on any atom is -0.497 e. The Hall–Kier alpha value is -1.27. The first kappa shape index (κ1) is 15.1. The molecule has 0 saturated heterocycles. The molecule has 5 nitrogen and oxygen atoms in total. The molecule has 1 aliphatic rings. The van der Waals surface area contributed by atoms with Gasteiger partial charge >= 0.3 is 0 Å². The van der Waals surface area contributed by atoms with Gasteiger partial charge in [0.25, 0.3) is 9.05 Å². The van der Waals surface area contributed by atoms with Gasteiger partial charge in [-0.25, -0.2) is 8.42 Å². The molecular weight excluding hydrogens is 302 g/mol. The zero-order chi connectivity index (χ0) is 14.8. The number of carbonyl (C=O) groups is 1. The second-order valence-corrected chi connectivity index (χ2v) is 7.29. The van der Waals surface area contributed by atoms with Gasteiger partial charge in [-0.05, 0) is 36.6 Å². The van der Waals surface area contributed by atoms with Gasteiger partial charge in [0.15, 0.2) is 0 Å². The van der Waals surface area contributed by atoms with Crippen LogP contribution in [-0.2, 0) is 20.4 Å². The number of rotatable bonds is 5. The fourth-order valence-electron chi connectivity index (χ4n) is 2.06. The maximum atomic E-state index is 11.8. The largest absolute Gasteiger partial charge is 0.497 e. The molecule has 1 aliphatic carbocycles. The van der Waals surface area contributed by atoms with Gasteiger partial charge in [0.1, 0.15) is 5.75 Å². The predicted molar refractivity (Wildman–Crippen MR) is 75.2 cm³/mol. The lowest BCUT2D eigenvalue weighted by atomic mass is 9.85. The van der Waals surface area contributed by atoms with Gasteiger partial charge in [-0.1, -0.05) is 6.42 Å². The van der Waals surface area contributed by atoms with Crippen LogP contribution in [0.3, 0.4) is 0 Å². The van der Waals surface area contributed by atoms with Crippen LogP contribution in [-0.4, -0.2) is 21.4 Å². The van der Waals surface area contributed by atoms with Crippen molar-refractivity contribution in [3.8, 4) is 5.75 Å². The highest BCUT2D eigenvalue weighted by Crippen LogP contribution is 2.27. The van der Waals surface area contributed by atoms with Crippen molar-refractivity contribution in [1.29, 1.82) is 0 Å². The summed E-state index contributed by atoms with van der Waals surface area (Å²) in [5.41, 5.74) is 0.423. The molecule has 110 valence electrons. The van der Waals surface area contributed by atoms with E-state index in [0.29, 0.717) is 11.3 Å². The number of benzene rings is 1. The number of hydrogen-bond donors (Lipinski definition) is 1. The Morgan fingerprint density at radius 2 is 2.15 bits per heavy atom. The summed E-state index contributed by atoms with van der Waals surface area (Å²) in [6.07, 6.45) is 2.85. The molecule has 1 amide bonds. The summed E-state index contributed by atoms with van der Waals surface area (Å²) < 4.78 is 28.1. The molecule has 1 saturated carbocycles. The molecule has 0 aromatic heterocycles. The number of amides is 1. The Kier molecular flexibility index (Phi) is 4.55. The van der Waals surface area contributed by atoms with Gasteiger partial charge in [0, 0.05) is 23.1 Å². The molecular formula is C13H16ClNO4S. The van der Waals surface area contributed by atoms with E-state index in [1.807, 2.05) is 0 Å². The van der Waals surface area contributed by atoms with E-state index in [1.165, 1.54) is 19.2 Å². The Bertz CT molecular complexity index is 611. The van der Waals surface area contributed by atoms with E-state index in [9.17, 15) is 13.2 Å². The summed E-state index contributed by atoms with van der Waals surface area (Å²) in [4.78, 5) is 11.8. The number of carbonyl (C=O) groups excluding carboxylic acids is 1. The van der Waals surface area contributed by atoms with E-state index < -0.39 is 9.05 Å². The number of hydrogen-bond acceptors (Lipinski definition) is 4. The Balaban J connectivity index is 2.17. The van der Waals surface area contributed by atoms with Gasteiger partial charge < -0.3 is 10.1 Å². The molecule has 1 N–H and O–H groups in total. The second kappa shape index (κ2) is 6.01. The lowest BCUT2D eigenvalue weighted by Gasteiger charge is -2.24. The highest BCUT2D eigenvalue weighted by Gasteiger charge is 2.25. The zero-order valence-corrected chi connectivity index (χ0v) is 12.6. The number of halogens is 1. The summed E-state index contributed by atoms with van der Waals surface area (Å²) in [6, 6.07) is 4.47. The summed E-state index contributed by atoms with van der Waals surface area (Å²) in [6.45, 7) is 0.119. The van der Waals surface area contributed by atoms with E-state index in [4.69, 9.17) is 15.4 Å². The van der Waals surface area contributed by atoms with Crippen LogP contribution in [0.4, 0.5) is 0 Å². The average molecular weight is 318 g/mol.